The molecule has 0 atom stereocenters. The van der Waals surface area contributed by atoms with E-state index in [0.29, 0.717) is 20.6 Å². The van der Waals surface area contributed by atoms with Gasteiger partial charge in [-0.2, -0.15) is 5.26 Å². The summed E-state index contributed by atoms with van der Waals surface area (Å²) in [4.78, 5) is 20.3. The Labute approximate surface area is 130 Å². The van der Waals surface area contributed by atoms with Gasteiger partial charge >= 0.3 is 5.97 Å². The van der Waals surface area contributed by atoms with E-state index in [1.165, 1.54) is 23.1 Å². The molecule has 0 aliphatic rings. The van der Waals surface area contributed by atoms with Crippen LogP contribution >= 0.6 is 23.1 Å². The van der Waals surface area contributed by atoms with Crippen molar-refractivity contribution in [2.75, 3.05) is 0 Å². The number of carboxylic acid groups (broad SMARTS) is 1. The van der Waals surface area contributed by atoms with Gasteiger partial charge in [-0.15, -0.1) is 11.3 Å². The van der Waals surface area contributed by atoms with E-state index in [2.05, 4.69) is 16.0 Å². The van der Waals surface area contributed by atoms with E-state index in [0.717, 1.165) is 16.1 Å². The van der Waals surface area contributed by atoms with E-state index in [9.17, 15) is 10.1 Å². The number of carboxylic acids is 1. The van der Waals surface area contributed by atoms with Crippen LogP contribution in [0.4, 0.5) is 0 Å². The maximum Gasteiger partial charge on any atom is 0.308 e. The first-order valence-electron chi connectivity index (χ1n) is 6.15. The van der Waals surface area contributed by atoms with Gasteiger partial charge in [-0.1, -0.05) is 0 Å². The largest absolute Gasteiger partial charge is 0.481 e. The minimum atomic E-state index is -0.875. The molecule has 0 aromatic carbocycles. The molecule has 2 heterocycles. The molecule has 108 valence electrons. The summed E-state index contributed by atoms with van der Waals surface area (Å²) in [5.74, 6) is -0.875. The van der Waals surface area contributed by atoms with Crippen molar-refractivity contribution in [2.24, 2.45) is 0 Å². The van der Waals surface area contributed by atoms with Gasteiger partial charge in [0.25, 0.3) is 0 Å². The Morgan fingerprint density at radius 1 is 1.43 bits per heavy atom. The Morgan fingerprint density at radius 2 is 2.14 bits per heavy atom. The predicted octanol–water partition coefficient (Wildman–Crippen LogP) is 3.11. The van der Waals surface area contributed by atoms with E-state index in [-0.39, 0.29) is 6.42 Å². The number of thiazole rings is 1. The van der Waals surface area contributed by atoms with Crippen molar-refractivity contribution >= 4 is 29.1 Å². The molecule has 7 heteroatoms. The van der Waals surface area contributed by atoms with Crippen LogP contribution in [0.5, 0.6) is 0 Å². The van der Waals surface area contributed by atoms with Crippen molar-refractivity contribution in [2.45, 2.75) is 36.6 Å². The normalized spacial score (nSPS) is 10.4. The van der Waals surface area contributed by atoms with Gasteiger partial charge in [0.1, 0.15) is 11.1 Å². The van der Waals surface area contributed by atoms with Crippen LogP contribution in [0.2, 0.25) is 0 Å². The lowest BCUT2D eigenvalue weighted by atomic mass is 10.1. The highest BCUT2D eigenvalue weighted by Gasteiger charge is 2.15. The predicted molar refractivity (Wildman–Crippen MR) is 80.7 cm³/mol. The Bertz CT molecular complexity index is 747. The molecule has 0 saturated carbocycles. The van der Waals surface area contributed by atoms with Crippen LogP contribution in [0.3, 0.4) is 0 Å². The number of aromatic nitrogens is 2. The molecule has 2 aromatic heterocycles. The quantitative estimate of drug-likeness (QED) is 0.931. The Hall–Kier alpha value is -1.91. The SMILES string of the molecule is Cc1cc(C)c(C#N)c(Sc2nc(C)c(CC(=O)O)s2)n1. The Balaban J connectivity index is 2.35. The lowest BCUT2D eigenvalue weighted by Crippen LogP contribution is -1.99. The topological polar surface area (TPSA) is 86.9 Å². The number of rotatable bonds is 4. The highest BCUT2D eigenvalue weighted by atomic mass is 32.2. The molecule has 0 spiro atoms. The first-order chi connectivity index (χ1) is 9.90. The second-order valence-electron chi connectivity index (χ2n) is 4.53. The average molecular weight is 319 g/mol. The number of nitriles is 1. The van der Waals surface area contributed by atoms with Gasteiger partial charge in [0.15, 0.2) is 4.34 Å². The van der Waals surface area contributed by atoms with Crippen LogP contribution in [-0.4, -0.2) is 21.0 Å². The zero-order valence-electron chi connectivity index (χ0n) is 11.8. The molecule has 5 nitrogen and oxygen atoms in total. The molecule has 0 aliphatic heterocycles. The van der Waals surface area contributed by atoms with Gasteiger partial charge in [0.05, 0.1) is 17.7 Å². The Morgan fingerprint density at radius 3 is 2.76 bits per heavy atom. The van der Waals surface area contributed by atoms with Crippen LogP contribution in [0, 0.1) is 32.1 Å². The van der Waals surface area contributed by atoms with E-state index in [4.69, 9.17) is 5.11 Å². The third-order valence-electron chi connectivity index (χ3n) is 2.79. The van der Waals surface area contributed by atoms with Gasteiger partial charge in [-0.25, -0.2) is 9.97 Å². The smallest absolute Gasteiger partial charge is 0.308 e. The summed E-state index contributed by atoms with van der Waals surface area (Å²) in [5.41, 5.74) is 2.98. The maximum absolute atomic E-state index is 10.8. The first kappa shape index (κ1) is 15.5. The van der Waals surface area contributed by atoms with Crippen molar-refractivity contribution in [1.29, 1.82) is 5.26 Å². The molecule has 0 radical (unpaired) electrons. The second kappa shape index (κ2) is 6.24. The first-order valence-corrected chi connectivity index (χ1v) is 7.78. The molecule has 21 heavy (non-hydrogen) atoms. The number of aliphatic carboxylic acids is 1. The van der Waals surface area contributed by atoms with Crippen LogP contribution in [-0.2, 0) is 11.2 Å². The zero-order valence-corrected chi connectivity index (χ0v) is 13.4. The summed E-state index contributed by atoms with van der Waals surface area (Å²) in [6, 6.07) is 4.03. The maximum atomic E-state index is 10.8. The fourth-order valence-electron chi connectivity index (χ4n) is 1.84. The van der Waals surface area contributed by atoms with Gasteiger partial charge in [0, 0.05) is 10.6 Å². The summed E-state index contributed by atoms with van der Waals surface area (Å²) in [5, 5.41) is 18.7. The molecule has 0 amide bonds. The van der Waals surface area contributed by atoms with Crippen molar-refractivity contribution in [3.05, 3.63) is 33.5 Å². The molecule has 0 unspecified atom stereocenters. The van der Waals surface area contributed by atoms with E-state index in [1.807, 2.05) is 19.9 Å². The van der Waals surface area contributed by atoms with Crippen LogP contribution in [0.15, 0.2) is 15.4 Å². The monoisotopic (exact) mass is 319 g/mol. The summed E-state index contributed by atoms with van der Waals surface area (Å²) in [6.45, 7) is 5.54. The molecule has 0 bridgehead atoms. The summed E-state index contributed by atoms with van der Waals surface area (Å²) < 4.78 is 0.706. The number of pyridine rings is 1. The fraction of sp³-hybridized carbons (Fsp3) is 0.286. The third kappa shape index (κ3) is 3.60. The molecule has 0 aliphatic carbocycles. The van der Waals surface area contributed by atoms with Crippen molar-refractivity contribution in [3.8, 4) is 6.07 Å². The van der Waals surface area contributed by atoms with Gasteiger partial charge in [0.2, 0.25) is 0 Å². The second-order valence-corrected chi connectivity index (χ2v) is 6.85. The van der Waals surface area contributed by atoms with Crippen molar-refractivity contribution in [3.63, 3.8) is 0 Å². The zero-order chi connectivity index (χ0) is 15.6. The van der Waals surface area contributed by atoms with Gasteiger partial charge < -0.3 is 5.11 Å². The standard InChI is InChI=1S/C14H13N3O2S2/c1-7-4-8(2)16-13(10(7)6-15)21-14-17-9(3)11(20-14)5-12(18)19/h4H,5H2,1-3H3,(H,18,19). The highest BCUT2D eigenvalue weighted by molar-refractivity contribution is 8.01. The van der Waals surface area contributed by atoms with E-state index < -0.39 is 5.97 Å². The molecule has 0 saturated heterocycles. The Kier molecular flexibility index (Phi) is 4.60. The molecular formula is C14H13N3O2S2. The van der Waals surface area contributed by atoms with E-state index in [1.54, 1.807) is 6.92 Å². The summed E-state index contributed by atoms with van der Waals surface area (Å²) >= 11 is 2.65. The summed E-state index contributed by atoms with van der Waals surface area (Å²) in [7, 11) is 0. The van der Waals surface area contributed by atoms with Gasteiger partial charge in [-0.05, 0) is 44.2 Å². The van der Waals surface area contributed by atoms with E-state index >= 15 is 0 Å². The minimum absolute atomic E-state index is 0.0323. The number of hydrogen-bond acceptors (Lipinski definition) is 6. The fourth-order valence-corrected chi connectivity index (χ4v) is 4.18. The molecule has 2 aromatic rings. The van der Waals surface area contributed by atoms with Crippen LogP contribution in [0.25, 0.3) is 0 Å². The molecular weight excluding hydrogens is 306 g/mol. The molecule has 1 N–H and O–H groups in total. The van der Waals surface area contributed by atoms with Crippen molar-refractivity contribution in [1.82, 2.24) is 9.97 Å². The number of hydrogen-bond donors (Lipinski definition) is 1. The molecule has 2 rings (SSSR count). The lowest BCUT2D eigenvalue weighted by molar-refractivity contribution is -0.136. The molecule has 0 fully saturated rings. The minimum Gasteiger partial charge on any atom is -0.481 e. The number of aryl methyl sites for hydroxylation is 3. The van der Waals surface area contributed by atoms with Crippen LogP contribution in [0.1, 0.15) is 27.4 Å². The van der Waals surface area contributed by atoms with Gasteiger partial charge in [-0.3, -0.25) is 4.79 Å². The average Bonchev–Trinajstić information content (AvgIpc) is 2.68. The highest BCUT2D eigenvalue weighted by Crippen LogP contribution is 2.34. The number of nitrogens with zero attached hydrogens (tertiary/aromatic N) is 3. The third-order valence-corrected chi connectivity index (χ3v) is 5.00. The van der Waals surface area contributed by atoms with Crippen LogP contribution < -0.4 is 0 Å². The summed E-state index contributed by atoms with van der Waals surface area (Å²) in [6.07, 6.45) is -0.0323. The number of carbonyl (C=O) groups is 1. The van der Waals surface area contributed by atoms with Crippen molar-refractivity contribution < 1.29 is 9.90 Å². The lowest BCUT2D eigenvalue weighted by Gasteiger charge is -2.05.